The van der Waals surface area contributed by atoms with E-state index < -0.39 is 23.8 Å². The van der Waals surface area contributed by atoms with Crippen molar-refractivity contribution in [2.24, 2.45) is 0 Å². The van der Waals surface area contributed by atoms with E-state index in [0.717, 1.165) is 18.4 Å². The minimum atomic E-state index is -0.889. The molecule has 0 radical (unpaired) electrons. The zero-order valence-corrected chi connectivity index (χ0v) is 18.7. The maximum Gasteiger partial charge on any atom is 0.412 e. The molecule has 0 aromatic heterocycles. The number of para-hydroxylation sites is 1. The minimum Gasteiger partial charge on any atom is -0.511 e. The van der Waals surface area contributed by atoms with E-state index >= 15 is 0 Å². The van der Waals surface area contributed by atoms with E-state index in [1.165, 1.54) is 0 Å². The predicted molar refractivity (Wildman–Crippen MR) is 123 cm³/mol. The van der Waals surface area contributed by atoms with E-state index in [1.807, 2.05) is 43.3 Å². The molecule has 0 saturated heterocycles. The van der Waals surface area contributed by atoms with E-state index in [4.69, 9.17) is 9.47 Å². The van der Waals surface area contributed by atoms with Crippen molar-refractivity contribution in [3.8, 4) is 0 Å². The van der Waals surface area contributed by atoms with Gasteiger partial charge in [-0.2, -0.15) is 0 Å². The molecule has 170 valence electrons. The molecule has 6 nitrogen and oxygen atoms in total. The highest BCUT2D eigenvalue weighted by Gasteiger charge is 2.43. The molecule has 0 aliphatic carbocycles. The van der Waals surface area contributed by atoms with E-state index in [9.17, 15) is 14.7 Å². The Hall–Kier alpha value is -3.28. The SMILES string of the molecule is CCCC1(CCc2ccccc2)CC(O)=C(C(CC)OC(=O)Nc2ccccc2)C(=O)O1. The number of anilines is 1. The fourth-order valence-electron chi connectivity index (χ4n) is 4.14. The summed E-state index contributed by atoms with van der Waals surface area (Å²) in [5, 5.41) is 13.5. The summed E-state index contributed by atoms with van der Waals surface area (Å²) in [6.45, 7) is 3.82. The maximum atomic E-state index is 13.0. The van der Waals surface area contributed by atoms with Crippen molar-refractivity contribution >= 4 is 17.7 Å². The third-order valence-electron chi connectivity index (χ3n) is 5.71. The van der Waals surface area contributed by atoms with Crippen LogP contribution in [0.2, 0.25) is 0 Å². The molecule has 0 spiro atoms. The quantitative estimate of drug-likeness (QED) is 0.474. The molecule has 1 heterocycles. The molecule has 0 saturated carbocycles. The van der Waals surface area contributed by atoms with Crippen LogP contribution in [0.4, 0.5) is 10.5 Å². The number of nitrogens with one attached hydrogen (secondary N) is 1. The van der Waals surface area contributed by atoms with Gasteiger partial charge in [-0.1, -0.05) is 68.8 Å². The lowest BCUT2D eigenvalue weighted by atomic mass is 9.83. The van der Waals surface area contributed by atoms with Crippen molar-refractivity contribution in [3.05, 3.63) is 77.6 Å². The lowest BCUT2D eigenvalue weighted by Gasteiger charge is -2.38. The third kappa shape index (κ3) is 5.90. The summed E-state index contributed by atoms with van der Waals surface area (Å²) < 4.78 is 11.4. The van der Waals surface area contributed by atoms with Crippen LogP contribution in [0, 0.1) is 0 Å². The first-order chi connectivity index (χ1) is 15.5. The smallest absolute Gasteiger partial charge is 0.412 e. The molecule has 1 aliphatic heterocycles. The van der Waals surface area contributed by atoms with E-state index in [-0.39, 0.29) is 17.8 Å². The van der Waals surface area contributed by atoms with Crippen molar-refractivity contribution in [1.82, 2.24) is 0 Å². The fourth-order valence-corrected chi connectivity index (χ4v) is 4.14. The number of hydrogen-bond acceptors (Lipinski definition) is 5. The normalized spacial score (nSPS) is 19.2. The third-order valence-corrected chi connectivity index (χ3v) is 5.71. The summed E-state index contributed by atoms with van der Waals surface area (Å²) in [5.41, 5.74) is 1.00. The van der Waals surface area contributed by atoms with Crippen LogP contribution in [0.15, 0.2) is 72.0 Å². The number of benzene rings is 2. The minimum absolute atomic E-state index is 0.0298. The van der Waals surface area contributed by atoms with Crippen LogP contribution < -0.4 is 5.32 Å². The van der Waals surface area contributed by atoms with Crippen LogP contribution in [0.25, 0.3) is 0 Å². The van der Waals surface area contributed by atoms with Crippen molar-refractivity contribution in [1.29, 1.82) is 0 Å². The van der Waals surface area contributed by atoms with Crippen LogP contribution in [0.1, 0.15) is 51.5 Å². The average Bonchev–Trinajstić information content (AvgIpc) is 2.78. The summed E-state index contributed by atoms with van der Waals surface area (Å²) in [7, 11) is 0. The number of ether oxygens (including phenoxy) is 2. The van der Waals surface area contributed by atoms with E-state index in [0.29, 0.717) is 24.9 Å². The van der Waals surface area contributed by atoms with Gasteiger partial charge in [0, 0.05) is 12.1 Å². The van der Waals surface area contributed by atoms with Gasteiger partial charge in [0.2, 0.25) is 0 Å². The van der Waals surface area contributed by atoms with Crippen LogP contribution in [0.5, 0.6) is 0 Å². The van der Waals surface area contributed by atoms with Gasteiger partial charge in [0.05, 0.1) is 0 Å². The van der Waals surface area contributed by atoms with Crippen molar-refractivity contribution in [2.75, 3.05) is 5.32 Å². The first-order valence-corrected chi connectivity index (χ1v) is 11.2. The van der Waals surface area contributed by atoms with Crippen molar-refractivity contribution < 1.29 is 24.2 Å². The van der Waals surface area contributed by atoms with Crippen LogP contribution >= 0.6 is 0 Å². The molecule has 0 bridgehead atoms. The zero-order chi connectivity index (χ0) is 23.0. The second kappa shape index (κ2) is 10.8. The molecule has 2 aromatic carbocycles. The number of hydrogen-bond donors (Lipinski definition) is 2. The van der Waals surface area contributed by atoms with Crippen molar-refractivity contribution in [3.63, 3.8) is 0 Å². The molecule has 2 aromatic rings. The Balaban J connectivity index is 1.73. The number of amides is 1. The summed E-state index contributed by atoms with van der Waals surface area (Å²) >= 11 is 0. The first-order valence-electron chi connectivity index (χ1n) is 11.2. The number of aliphatic hydroxyl groups is 1. The second-order valence-corrected chi connectivity index (χ2v) is 8.14. The Morgan fingerprint density at radius 1 is 1.09 bits per heavy atom. The summed E-state index contributed by atoms with van der Waals surface area (Å²) in [6.07, 6.45) is 1.79. The lowest BCUT2D eigenvalue weighted by molar-refractivity contribution is -0.162. The highest BCUT2D eigenvalue weighted by Crippen LogP contribution is 2.38. The van der Waals surface area contributed by atoms with Gasteiger partial charge in [0.25, 0.3) is 0 Å². The molecule has 2 unspecified atom stereocenters. The molecular weight excluding hydrogens is 406 g/mol. The van der Waals surface area contributed by atoms with Crippen LogP contribution in [-0.2, 0) is 20.7 Å². The summed E-state index contributed by atoms with van der Waals surface area (Å²) in [5.74, 6) is -0.670. The van der Waals surface area contributed by atoms with Crippen molar-refractivity contribution in [2.45, 2.75) is 64.1 Å². The number of carbonyl (C=O) groups is 2. The Labute approximate surface area is 189 Å². The Morgan fingerprint density at radius 2 is 1.75 bits per heavy atom. The van der Waals surface area contributed by atoms with Gasteiger partial charge in [-0.3, -0.25) is 5.32 Å². The molecule has 2 N–H and O–H groups in total. The topological polar surface area (TPSA) is 84.9 Å². The van der Waals surface area contributed by atoms with Gasteiger partial charge in [-0.15, -0.1) is 0 Å². The monoisotopic (exact) mass is 437 g/mol. The highest BCUT2D eigenvalue weighted by molar-refractivity contribution is 5.92. The van der Waals surface area contributed by atoms with E-state index in [2.05, 4.69) is 5.32 Å². The molecule has 0 fully saturated rings. The van der Waals surface area contributed by atoms with Gasteiger partial charge in [-0.05, 0) is 43.4 Å². The highest BCUT2D eigenvalue weighted by atomic mass is 16.6. The molecule has 1 amide bonds. The van der Waals surface area contributed by atoms with E-state index in [1.54, 1.807) is 31.2 Å². The van der Waals surface area contributed by atoms with Gasteiger partial charge >= 0.3 is 12.1 Å². The number of aryl methyl sites for hydroxylation is 1. The zero-order valence-electron chi connectivity index (χ0n) is 18.7. The number of rotatable bonds is 9. The molecule has 32 heavy (non-hydrogen) atoms. The molecule has 2 atom stereocenters. The largest absolute Gasteiger partial charge is 0.511 e. The Kier molecular flexibility index (Phi) is 7.92. The molecule has 6 heteroatoms. The van der Waals surface area contributed by atoms with Gasteiger partial charge < -0.3 is 14.6 Å². The number of carbonyl (C=O) groups excluding carboxylic acids is 2. The van der Waals surface area contributed by atoms with Gasteiger partial charge in [0.1, 0.15) is 23.0 Å². The summed E-state index contributed by atoms with van der Waals surface area (Å²) in [6, 6.07) is 18.9. The standard InChI is InChI=1S/C26H31NO5/c1-3-16-26(17-15-19-11-7-5-8-12-19)18-21(28)23(24(29)32-26)22(4-2)31-25(30)27-20-13-9-6-10-14-20/h5-14,22,28H,3-4,15-18H2,1-2H3,(H,27,30). The average molecular weight is 438 g/mol. The predicted octanol–water partition coefficient (Wildman–Crippen LogP) is 5.94. The van der Waals surface area contributed by atoms with Crippen LogP contribution in [0.3, 0.4) is 0 Å². The van der Waals surface area contributed by atoms with Crippen LogP contribution in [-0.4, -0.2) is 28.9 Å². The molecular formula is C26H31NO5. The number of esters is 1. The lowest BCUT2D eigenvalue weighted by Crippen LogP contribution is -2.43. The number of aliphatic hydroxyl groups excluding tert-OH is 1. The summed E-state index contributed by atoms with van der Waals surface area (Å²) in [4.78, 5) is 25.3. The van der Waals surface area contributed by atoms with Gasteiger partial charge in [-0.25, -0.2) is 9.59 Å². The van der Waals surface area contributed by atoms with Gasteiger partial charge in [0.15, 0.2) is 0 Å². The second-order valence-electron chi connectivity index (χ2n) is 8.14. The first kappa shape index (κ1) is 23.4. The number of cyclic esters (lactones) is 1. The molecule has 1 aliphatic rings. The fraction of sp³-hybridized carbons (Fsp3) is 0.385. The Morgan fingerprint density at radius 3 is 2.34 bits per heavy atom. The maximum absolute atomic E-state index is 13.0. The molecule has 3 rings (SSSR count). The Bertz CT molecular complexity index is 941.